The molecule has 0 N–H and O–H groups in total. The Balaban J connectivity index is 2.27. The van der Waals surface area contributed by atoms with Gasteiger partial charge in [0.15, 0.2) is 24.2 Å². The molecule has 0 fully saturated rings. The zero-order valence-electron chi connectivity index (χ0n) is 20.3. The van der Waals surface area contributed by atoms with Crippen LogP contribution in [0.5, 0.6) is 0 Å². The molecule has 34 heavy (non-hydrogen) atoms. The van der Waals surface area contributed by atoms with Crippen LogP contribution >= 0.6 is 0 Å². The maximum atomic E-state index is 12.6. The summed E-state index contributed by atoms with van der Waals surface area (Å²) in [5.41, 5.74) is 0. The third kappa shape index (κ3) is 5.31. The molecule has 0 bridgehead atoms. The number of carbonyl (C=O) groups excluding carboxylic acids is 2. The van der Waals surface area contributed by atoms with E-state index >= 15 is 0 Å². The standard InChI is InChI=1S/C24H30N4O6/c1-15(29)27(13-21(31-3)32-4)23-19-11-17-9-7-8-10-18(17)12-20(19)24(26-25-23)28(16(2)30)14-22(33-5)34-6/h7-12,21-22H,13-14H2,1-6H3. The van der Waals surface area contributed by atoms with E-state index < -0.39 is 12.6 Å². The highest BCUT2D eigenvalue weighted by molar-refractivity contribution is 6.12. The highest BCUT2D eigenvalue weighted by atomic mass is 16.7. The Morgan fingerprint density at radius 3 is 1.38 bits per heavy atom. The van der Waals surface area contributed by atoms with Gasteiger partial charge < -0.3 is 18.9 Å². The lowest BCUT2D eigenvalue weighted by molar-refractivity contribution is -0.122. The number of hydrogen-bond donors (Lipinski definition) is 0. The number of anilines is 2. The quantitative estimate of drug-likeness (QED) is 0.329. The van der Waals surface area contributed by atoms with Gasteiger partial charge >= 0.3 is 0 Å². The molecule has 3 rings (SSSR count). The number of benzene rings is 2. The average Bonchev–Trinajstić information content (AvgIpc) is 2.84. The summed E-state index contributed by atoms with van der Waals surface area (Å²) < 4.78 is 21.2. The van der Waals surface area contributed by atoms with Crippen LogP contribution in [-0.4, -0.2) is 76.1 Å². The Hall–Kier alpha value is -3.18. The van der Waals surface area contributed by atoms with Crippen LogP contribution in [-0.2, 0) is 28.5 Å². The first kappa shape index (κ1) is 25.4. The second-order valence-electron chi connectivity index (χ2n) is 7.65. The fraction of sp³-hybridized carbons (Fsp3) is 0.417. The number of methoxy groups -OCH3 is 4. The topological polar surface area (TPSA) is 103 Å². The highest BCUT2D eigenvalue weighted by Gasteiger charge is 2.26. The largest absolute Gasteiger partial charge is 0.354 e. The van der Waals surface area contributed by atoms with Crippen molar-refractivity contribution in [3.05, 3.63) is 36.4 Å². The number of fused-ring (bicyclic) bond motifs is 2. The van der Waals surface area contributed by atoms with Crippen molar-refractivity contribution in [2.45, 2.75) is 26.4 Å². The lowest BCUT2D eigenvalue weighted by Gasteiger charge is -2.28. The van der Waals surface area contributed by atoms with Crippen LogP contribution in [0.25, 0.3) is 21.5 Å². The summed E-state index contributed by atoms with van der Waals surface area (Å²) >= 11 is 0. The maximum Gasteiger partial charge on any atom is 0.225 e. The molecule has 1 aromatic heterocycles. The number of aromatic nitrogens is 2. The number of amides is 2. The Morgan fingerprint density at radius 2 is 1.09 bits per heavy atom. The van der Waals surface area contributed by atoms with Gasteiger partial charge in [0.2, 0.25) is 11.8 Å². The molecule has 2 amide bonds. The molecule has 0 spiro atoms. The van der Waals surface area contributed by atoms with E-state index in [0.29, 0.717) is 22.4 Å². The van der Waals surface area contributed by atoms with E-state index in [0.717, 1.165) is 10.8 Å². The van der Waals surface area contributed by atoms with Gasteiger partial charge in [-0.2, -0.15) is 0 Å². The molecule has 10 heteroatoms. The monoisotopic (exact) mass is 470 g/mol. The third-order valence-electron chi connectivity index (χ3n) is 5.59. The first-order valence-corrected chi connectivity index (χ1v) is 10.7. The zero-order valence-corrected chi connectivity index (χ0v) is 20.3. The molecule has 1 heterocycles. The van der Waals surface area contributed by atoms with Gasteiger partial charge in [-0.25, -0.2) is 0 Å². The Labute approximate surface area is 198 Å². The van der Waals surface area contributed by atoms with Crippen molar-refractivity contribution in [2.75, 3.05) is 51.3 Å². The van der Waals surface area contributed by atoms with Crippen molar-refractivity contribution in [3.8, 4) is 0 Å². The van der Waals surface area contributed by atoms with Crippen LogP contribution < -0.4 is 9.80 Å². The molecule has 0 aliphatic carbocycles. The fourth-order valence-electron chi connectivity index (χ4n) is 3.73. The minimum absolute atomic E-state index is 0.115. The summed E-state index contributed by atoms with van der Waals surface area (Å²) in [5, 5.41) is 12.0. The molecule has 2 aromatic carbocycles. The van der Waals surface area contributed by atoms with E-state index in [1.54, 1.807) is 0 Å². The molecule has 0 unspecified atom stereocenters. The lowest BCUT2D eigenvalue weighted by atomic mass is 10.0. The predicted octanol–water partition coefficient (Wildman–Crippen LogP) is 2.73. The van der Waals surface area contributed by atoms with Gasteiger partial charge in [0, 0.05) is 53.1 Å². The van der Waals surface area contributed by atoms with E-state index in [1.807, 2.05) is 36.4 Å². The molecule has 0 radical (unpaired) electrons. The van der Waals surface area contributed by atoms with Crippen LogP contribution in [0.4, 0.5) is 11.6 Å². The van der Waals surface area contributed by atoms with Gasteiger partial charge in [0.25, 0.3) is 0 Å². The summed E-state index contributed by atoms with van der Waals surface area (Å²) in [4.78, 5) is 28.1. The highest BCUT2D eigenvalue weighted by Crippen LogP contribution is 2.34. The van der Waals surface area contributed by atoms with E-state index in [9.17, 15) is 9.59 Å². The molecule has 0 aliphatic heterocycles. The normalized spacial score (nSPS) is 11.5. The number of nitrogens with zero attached hydrogens (tertiary/aromatic N) is 4. The van der Waals surface area contributed by atoms with Gasteiger partial charge in [0.1, 0.15) is 0 Å². The summed E-state index contributed by atoms with van der Waals surface area (Å²) in [5.74, 6) is 0.181. The summed E-state index contributed by atoms with van der Waals surface area (Å²) in [6.45, 7) is 3.11. The molecule has 0 saturated carbocycles. The fourth-order valence-corrected chi connectivity index (χ4v) is 3.73. The summed E-state index contributed by atoms with van der Waals surface area (Å²) in [6, 6.07) is 11.7. The molecule has 0 saturated heterocycles. The van der Waals surface area contributed by atoms with Crippen LogP contribution in [0.2, 0.25) is 0 Å². The van der Waals surface area contributed by atoms with Crippen molar-refractivity contribution in [2.24, 2.45) is 0 Å². The van der Waals surface area contributed by atoms with E-state index in [-0.39, 0.29) is 24.9 Å². The number of ether oxygens (including phenoxy) is 4. The SMILES string of the molecule is COC(CN(C(C)=O)c1nnc(N(CC(OC)OC)C(C)=O)c2cc3ccccc3cc12)OC. The number of hydrogen-bond acceptors (Lipinski definition) is 8. The number of carbonyl (C=O) groups is 2. The second-order valence-corrected chi connectivity index (χ2v) is 7.65. The Bertz CT molecular complexity index is 1070. The molecular formula is C24H30N4O6. The van der Waals surface area contributed by atoms with E-state index in [1.165, 1.54) is 52.1 Å². The van der Waals surface area contributed by atoms with Gasteiger partial charge in [-0.15, -0.1) is 10.2 Å². The van der Waals surface area contributed by atoms with Crippen molar-refractivity contribution in [3.63, 3.8) is 0 Å². The first-order chi connectivity index (χ1) is 16.3. The molecule has 0 aliphatic rings. The van der Waals surface area contributed by atoms with Crippen molar-refractivity contribution >= 4 is 45.0 Å². The lowest BCUT2D eigenvalue weighted by Crippen LogP contribution is -2.40. The van der Waals surface area contributed by atoms with Crippen molar-refractivity contribution in [1.29, 1.82) is 0 Å². The van der Waals surface area contributed by atoms with Crippen LogP contribution in [0.3, 0.4) is 0 Å². The average molecular weight is 471 g/mol. The predicted molar refractivity (Wildman–Crippen MR) is 129 cm³/mol. The third-order valence-corrected chi connectivity index (χ3v) is 5.59. The first-order valence-electron chi connectivity index (χ1n) is 10.7. The van der Waals surface area contributed by atoms with Crippen LogP contribution in [0.1, 0.15) is 13.8 Å². The Morgan fingerprint density at radius 1 is 0.735 bits per heavy atom. The molecule has 3 aromatic rings. The molecule has 0 atom stereocenters. The van der Waals surface area contributed by atoms with Crippen LogP contribution in [0.15, 0.2) is 36.4 Å². The molecular weight excluding hydrogens is 440 g/mol. The van der Waals surface area contributed by atoms with Crippen LogP contribution in [0, 0.1) is 0 Å². The Kier molecular flexibility index (Phi) is 8.46. The zero-order chi connectivity index (χ0) is 24.8. The second kappa shape index (κ2) is 11.3. The van der Waals surface area contributed by atoms with Crippen molar-refractivity contribution < 1.29 is 28.5 Å². The van der Waals surface area contributed by atoms with Gasteiger partial charge in [-0.1, -0.05) is 24.3 Å². The minimum Gasteiger partial charge on any atom is -0.354 e. The van der Waals surface area contributed by atoms with Crippen molar-refractivity contribution in [1.82, 2.24) is 10.2 Å². The maximum absolute atomic E-state index is 12.6. The minimum atomic E-state index is -0.654. The van der Waals surface area contributed by atoms with Gasteiger partial charge in [0.05, 0.1) is 13.1 Å². The molecule has 10 nitrogen and oxygen atoms in total. The van der Waals surface area contributed by atoms with E-state index in [4.69, 9.17) is 18.9 Å². The molecule has 182 valence electrons. The van der Waals surface area contributed by atoms with Gasteiger partial charge in [-0.05, 0) is 22.9 Å². The van der Waals surface area contributed by atoms with E-state index in [2.05, 4.69) is 10.2 Å². The summed E-state index contributed by atoms with van der Waals surface area (Å²) in [6.07, 6.45) is -1.31. The van der Waals surface area contributed by atoms with Gasteiger partial charge in [-0.3, -0.25) is 19.4 Å². The number of rotatable bonds is 10. The summed E-state index contributed by atoms with van der Waals surface area (Å²) in [7, 11) is 6.00. The smallest absolute Gasteiger partial charge is 0.225 e.